The summed E-state index contributed by atoms with van der Waals surface area (Å²) in [7, 11) is 1.95. The molecule has 7 heteroatoms. The van der Waals surface area contributed by atoms with Crippen molar-refractivity contribution in [3.8, 4) is 5.75 Å². The highest BCUT2D eigenvalue weighted by Gasteiger charge is 2.22. The van der Waals surface area contributed by atoms with Crippen molar-refractivity contribution in [1.82, 2.24) is 10.2 Å². The van der Waals surface area contributed by atoms with Crippen LogP contribution in [0.3, 0.4) is 0 Å². The highest BCUT2D eigenvalue weighted by atomic mass is 35.5. The summed E-state index contributed by atoms with van der Waals surface area (Å²) in [6.07, 6.45) is 2.62. The van der Waals surface area contributed by atoms with E-state index in [2.05, 4.69) is 5.32 Å². The van der Waals surface area contributed by atoms with Crippen molar-refractivity contribution in [1.29, 1.82) is 0 Å². The fourth-order valence-electron chi connectivity index (χ4n) is 2.75. The van der Waals surface area contributed by atoms with Gasteiger partial charge in [-0.3, -0.25) is 4.79 Å². The Labute approximate surface area is 153 Å². The molecule has 0 saturated carbocycles. The Bertz CT molecular complexity index is 512. The lowest BCUT2D eigenvalue weighted by Gasteiger charge is -2.32. The SMILES string of the molecule is CNCC1CCCN(C(=O)CCOc2ccc(Cl)cc2Cl)C1.Cl. The summed E-state index contributed by atoms with van der Waals surface area (Å²) in [5, 5.41) is 4.22. The number of hydrogen-bond acceptors (Lipinski definition) is 3. The zero-order valence-corrected chi connectivity index (χ0v) is 15.5. The van der Waals surface area contributed by atoms with Crippen molar-refractivity contribution in [2.24, 2.45) is 5.92 Å². The maximum atomic E-state index is 12.2. The van der Waals surface area contributed by atoms with Gasteiger partial charge in [0, 0.05) is 18.1 Å². The largest absolute Gasteiger partial charge is 0.491 e. The molecule has 0 spiro atoms. The maximum absolute atomic E-state index is 12.2. The van der Waals surface area contributed by atoms with Crippen molar-refractivity contribution in [2.45, 2.75) is 19.3 Å². The van der Waals surface area contributed by atoms with Crippen LogP contribution in [0.5, 0.6) is 5.75 Å². The zero-order chi connectivity index (χ0) is 15.9. The van der Waals surface area contributed by atoms with E-state index >= 15 is 0 Å². The molecule has 1 fully saturated rings. The van der Waals surface area contributed by atoms with Crippen LogP contribution in [-0.4, -0.2) is 44.1 Å². The highest BCUT2D eigenvalue weighted by Crippen LogP contribution is 2.27. The Balaban J connectivity index is 0.00000264. The number of nitrogens with zero attached hydrogens (tertiary/aromatic N) is 1. The van der Waals surface area contributed by atoms with E-state index in [9.17, 15) is 4.79 Å². The van der Waals surface area contributed by atoms with Gasteiger partial charge in [-0.15, -0.1) is 12.4 Å². The highest BCUT2D eigenvalue weighted by molar-refractivity contribution is 6.35. The van der Waals surface area contributed by atoms with Gasteiger partial charge in [-0.05, 0) is 50.6 Å². The molecule has 0 aliphatic carbocycles. The molecule has 1 unspecified atom stereocenters. The van der Waals surface area contributed by atoms with Crippen LogP contribution in [0.1, 0.15) is 19.3 Å². The van der Waals surface area contributed by atoms with Crippen LogP contribution < -0.4 is 10.1 Å². The summed E-state index contributed by atoms with van der Waals surface area (Å²) < 4.78 is 5.58. The molecule has 1 aliphatic heterocycles. The number of carbonyl (C=O) groups excluding carboxylic acids is 1. The molecule has 130 valence electrons. The number of rotatable bonds is 6. The van der Waals surface area contributed by atoms with E-state index in [0.717, 1.165) is 26.1 Å². The van der Waals surface area contributed by atoms with E-state index in [-0.39, 0.29) is 18.3 Å². The minimum absolute atomic E-state index is 0. The second kappa shape index (κ2) is 10.2. The average molecular weight is 382 g/mol. The lowest BCUT2D eigenvalue weighted by molar-refractivity contribution is -0.133. The minimum Gasteiger partial charge on any atom is -0.491 e. The monoisotopic (exact) mass is 380 g/mol. The van der Waals surface area contributed by atoms with E-state index in [1.807, 2.05) is 11.9 Å². The van der Waals surface area contributed by atoms with Crippen LogP contribution in [0, 0.1) is 5.92 Å². The first-order valence-corrected chi connectivity index (χ1v) is 8.36. The van der Waals surface area contributed by atoms with Gasteiger partial charge in [0.25, 0.3) is 0 Å². The number of benzene rings is 1. The van der Waals surface area contributed by atoms with Gasteiger partial charge in [0.1, 0.15) is 5.75 Å². The molecule has 1 aliphatic rings. The molecule has 1 amide bonds. The number of likely N-dealkylation sites (tertiary alicyclic amines) is 1. The smallest absolute Gasteiger partial charge is 0.226 e. The molecule has 1 atom stereocenters. The van der Waals surface area contributed by atoms with E-state index in [4.69, 9.17) is 27.9 Å². The van der Waals surface area contributed by atoms with Crippen molar-refractivity contribution in [3.05, 3.63) is 28.2 Å². The predicted molar refractivity (Wildman–Crippen MR) is 97.1 cm³/mol. The standard InChI is InChI=1S/C16H22Cl2N2O2.ClH/c1-19-10-12-3-2-7-20(11-12)16(21)6-8-22-15-5-4-13(17)9-14(15)18;/h4-5,9,12,19H,2-3,6-8,10-11H2,1H3;1H. The molecule has 23 heavy (non-hydrogen) atoms. The predicted octanol–water partition coefficient (Wildman–Crippen LogP) is 3.64. The summed E-state index contributed by atoms with van der Waals surface area (Å²) in [5.41, 5.74) is 0. The molecule has 0 radical (unpaired) electrons. The van der Waals surface area contributed by atoms with E-state index < -0.39 is 0 Å². The fourth-order valence-corrected chi connectivity index (χ4v) is 3.21. The Kier molecular flexibility index (Phi) is 9.07. The normalized spacial score (nSPS) is 17.5. The molecule has 2 rings (SSSR count). The summed E-state index contributed by atoms with van der Waals surface area (Å²) in [6, 6.07) is 5.07. The molecular formula is C16H23Cl3N2O2. The Morgan fingerprint density at radius 1 is 1.43 bits per heavy atom. The first kappa shape index (κ1) is 20.4. The van der Waals surface area contributed by atoms with Crippen molar-refractivity contribution < 1.29 is 9.53 Å². The van der Waals surface area contributed by atoms with E-state index in [1.54, 1.807) is 18.2 Å². The van der Waals surface area contributed by atoms with Gasteiger partial charge in [-0.1, -0.05) is 23.2 Å². The Morgan fingerprint density at radius 3 is 2.91 bits per heavy atom. The molecule has 1 saturated heterocycles. The second-order valence-corrected chi connectivity index (χ2v) is 6.42. The summed E-state index contributed by atoms with van der Waals surface area (Å²) in [4.78, 5) is 14.2. The second-order valence-electron chi connectivity index (χ2n) is 5.58. The van der Waals surface area contributed by atoms with Gasteiger partial charge < -0.3 is 15.0 Å². The van der Waals surface area contributed by atoms with Crippen LogP contribution >= 0.6 is 35.6 Å². The summed E-state index contributed by atoms with van der Waals surface area (Å²) >= 11 is 11.9. The van der Waals surface area contributed by atoms with Crippen molar-refractivity contribution in [3.63, 3.8) is 0 Å². The number of nitrogens with one attached hydrogen (secondary N) is 1. The number of amides is 1. The Hall–Kier alpha value is -0.680. The third kappa shape index (κ3) is 6.38. The molecule has 1 aromatic rings. The van der Waals surface area contributed by atoms with Crippen molar-refractivity contribution in [2.75, 3.05) is 33.3 Å². The van der Waals surface area contributed by atoms with Gasteiger partial charge in [0.05, 0.1) is 18.1 Å². The van der Waals surface area contributed by atoms with Gasteiger partial charge in [-0.2, -0.15) is 0 Å². The lowest BCUT2D eigenvalue weighted by atomic mass is 9.98. The summed E-state index contributed by atoms with van der Waals surface area (Å²) in [5.74, 6) is 1.26. The van der Waals surface area contributed by atoms with Crippen LogP contribution in [0.15, 0.2) is 18.2 Å². The quantitative estimate of drug-likeness (QED) is 0.818. The molecule has 0 bridgehead atoms. The van der Waals surface area contributed by atoms with E-state index in [1.165, 1.54) is 6.42 Å². The average Bonchev–Trinajstić information content (AvgIpc) is 2.50. The molecular weight excluding hydrogens is 359 g/mol. The molecule has 1 N–H and O–H groups in total. The third-order valence-electron chi connectivity index (χ3n) is 3.83. The number of ether oxygens (including phenoxy) is 1. The van der Waals surface area contributed by atoms with Gasteiger partial charge in [0.2, 0.25) is 5.91 Å². The summed E-state index contributed by atoms with van der Waals surface area (Å²) in [6.45, 7) is 2.97. The van der Waals surface area contributed by atoms with Crippen molar-refractivity contribution >= 4 is 41.5 Å². The van der Waals surface area contributed by atoms with Crippen LogP contribution in [0.25, 0.3) is 0 Å². The van der Waals surface area contributed by atoms with Crippen LogP contribution in [0.2, 0.25) is 10.0 Å². The third-order valence-corrected chi connectivity index (χ3v) is 4.36. The van der Waals surface area contributed by atoms with Gasteiger partial charge >= 0.3 is 0 Å². The fraction of sp³-hybridized carbons (Fsp3) is 0.562. The van der Waals surface area contributed by atoms with E-state index in [0.29, 0.717) is 34.7 Å². The molecule has 4 nitrogen and oxygen atoms in total. The topological polar surface area (TPSA) is 41.6 Å². The minimum atomic E-state index is 0. The van der Waals surface area contributed by atoms with Gasteiger partial charge in [0.15, 0.2) is 0 Å². The van der Waals surface area contributed by atoms with Crippen LogP contribution in [-0.2, 0) is 4.79 Å². The molecule has 1 heterocycles. The van der Waals surface area contributed by atoms with Crippen LogP contribution in [0.4, 0.5) is 0 Å². The first-order valence-electron chi connectivity index (χ1n) is 7.60. The molecule has 0 aromatic heterocycles. The maximum Gasteiger partial charge on any atom is 0.226 e. The number of piperidine rings is 1. The number of halogens is 3. The van der Waals surface area contributed by atoms with Gasteiger partial charge in [-0.25, -0.2) is 0 Å². The lowest BCUT2D eigenvalue weighted by Crippen LogP contribution is -2.42. The first-order chi connectivity index (χ1) is 10.6. The molecule has 1 aromatic carbocycles. The number of hydrogen-bond donors (Lipinski definition) is 1. The zero-order valence-electron chi connectivity index (χ0n) is 13.2. The number of carbonyl (C=O) groups is 1. The Morgan fingerprint density at radius 2 is 2.22 bits per heavy atom.